The minimum absolute atomic E-state index is 0.148. The number of thioether (sulfide) groups is 1. The number of nitrogens with zero attached hydrogens (tertiary/aromatic N) is 3. The third-order valence-corrected chi connectivity index (χ3v) is 7.79. The fraction of sp³-hybridized carbons (Fsp3) is 0.211. The van der Waals surface area contributed by atoms with E-state index < -0.39 is 10.0 Å². The number of methoxy groups -OCH3 is 1. The fourth-order valence-corrected chi connectivity index (χ4v) is 4.84. The Labute approximate surface area is 188 Å². The van der Waals surface area contributed by atoms with Crippen molar-refractivity contribution in [3.05, 3.63) is 48.5 Å². The Kier molecular flexibility index (Phi) is 7.49. The maximum atomic E-state index is 12.2. The summed E-state index contributed by atoms with van der Waals surface area (Å²) in [5, 5.41) is 14.7. The molecule has 0 aliphatic heterocycles. The highest BCUT2D eigenvalue weighted by Gasteiger charge is 2.17. The van der Waals surface area contributed by atoms with Gasteiger partial charge in [-0.3, -0.25) is 4.79 Å². The molecular weight excluding hydrogens is 458 g/mol. The summed E-state index contributed by atoms with van der Waals surface area (Å²) >= 11 is 2.61. The zero-order valence-electron chi connectivity index (χ0n) is 17.0. The Bertz CT molecular complexity index is 1130. The van der Waals surface area contributed by atoms with Gasteiger partial charge >= 0.3 is 0 Å². The molecule has 164 valence electrons. The summed E-state index contributed by atoms with van der Waals surface area (Å²) in [4.78, 5) is 12.4. The molecule has 3 rings (SSSR count). The second-order valence-corrected chi connectivity index (χ2v) is 10.7. The van der Waals surface area contributed by atoms with Crippen LogP contribution in [0.15, 0.2) is 57.8 Å². The minimum atomic E-state index is -3.50. The van der Waals surface area contributed by atoms with Crippen LogP contribution in [-0.2, 0) is 14.8 Å². The number of carbonyl (C=O) groups excluding carboxylic acids is 1. The summed E-state index contributed by atoms with van der Waals surface area (Å²) in [5.74, 6) is 0.682. The van der Waals surface area contributed by atoms with Crippen LogP contribution >= 0.6 is 23.1 Å². The Morgan fingerprint density at radius 2 is 1.71 bits per heavy atom. The molecule has 12 heteroatoms. The summed E-state index contributed by atoms with van der Waals surface area (Å²) in [5.41, 5.74) is 1.37. The Balaban J connectivity index is 1.51. The van der Waals surface area contributed by atoms with Crippen LogP contribution in [-0.4, -0.2) is 55.8 Å². The van der Waals surface area contributed by atoms with Crippen molar-refractivity contribution in [3.8, 4) is 5.75 Å². The summed E-state index contributed by atoms with van der Waals surface area (Å²) in [6.07, 6.45) is 0. The lowest BCUT2D eigenvalue weighted by Gasteiger charge is -2.11. The molecule has 0 unspecified atom stereocenters. The molecule has 3 aromatic rings. The van der Waals surface area contributed by atoms with Crippen molar-refractivity contribution in [1.82, 2.24) is 14.5 Å². The lowest BCUT2D eigenvalue weighted by Crippen LogP contribution is -2.22. The number of ether oxygens (including phenoxy) is 1. The van der Waals surface area contributed by atoms with Gasteiger partial charge in [-0.1, -0.05) is 23.1 Å². The molecule has 2 N–H and O–H groups in total. The normalized spacial score (nSPS) is 11.4. The van der Waals surface area contributed by atoms with Crippen LogP contribution in [0.25, 0.3) is 0 Å². The number of amides is 1. The van der Waals surface area contributed by atoms with Crippen molar-refractivity contribution in [1.29, 1.82) is 0 Å². The minimum Gasteiger partial charge on any atom is -0.497 e. The number of sulfonamides is 1. The van der Waals surface area contributed by atoms with Gasteiger partial charge in [-0.05, 0) is 48.5 Å². The zero-order valence-corrected chi connectivity index (χ0v) is 19.5. The van der Waals surface area contributed by atoms with Gasteiger partial charge in [0.25, 0.3) is 0 Å². The molecule has 1 heterocycles. The molecule has 9 nitrogen and oxygen atoms in total. The molecular formula is C19H21N5O4S3. The Morgan fingerprint density at radius 1 is 1.06 bits per heavy atom. The van der Waals surface area contributed by atoms with Crippen LogP contribution in [0.1, 0.15) is 0 Å². The molecule has 0 radical (unpaired) electrons. The lowest BCUT2D eigenvalue weighted by atomic mass is 10.3. The average Bonchev–Trinajstić information content (AvgIpc) is 3.20. The predicted octanol–water partition coefficient (Wildman–Crippen LogP) is 3.27. The van der Waals surface area contributed by atoms with E-state index in [4.69, 9.17) is 4.74 Å². The highest BCUT2D eigenvalue weighted by molar-refractivity contribution is 8.01. The summed E-state index contributed by atoms with van der Waals surface area (Å²) in [6.45, 7) is 0. The van der Waals surface area contributed by atoms with Crippen LogP contribution in [0.3, 0.4) is 0 Å². The van der Waals surface area contributed by atoms with E-state index in [0.29, 0.717) is 15.2 Å². The van der Waals surface area contributed by atoms with Crippen molar-refractivity contribution < 1.29 is 17.9 Å². The molecule has 2 aromatic carbocycles. The van der Waals surface area contributed by atoms with E-state index in [1.54, 1.807) is 19.2 Å². The third kappa shape index (κ3) is 6.17. The van der Waals surface area contributed by atoms with Gasteiger partial charge in [0.2, 0.25) is 21.1 Å². The first-order valence-corrected chi connectivity index (χ1v) is 12.2. The van der Waals surface area contributed by atoms with Crippen LogP contribution in [0.4, 0.5) is 16.5 Å². The highest BCUT2D eigenvalue weighted by Crippen LogP contribution is 2.28. The Morgan fingerprint density at radius 3 is 2.32 bits per heavy atom. The highest BCUT2D eigenvalue weighted by atomic mass is 32.2. The number of carbonyl (C=O) groups is 1. The van der Waals surface area contributed by atoms with E-state index in [2.05, 4.69) is 20.8 Å². The molecule has 0 bridgehead atoms. The molecule has 0 saturated carbocycles. The summed E-state index contributed by atoms with van der Waals surface area (Å²) in [7, 11) is 1.04. The van der Waals surface area contributed by atoms with E-state index in [1.807, 2.05) is 24.3 Å². The van der Waals surface area contributed by atoms with Gasteiger partial charge in [0, 0.05) is 25.5 Å². The summed E-state index contributed by atoms with van der Waals surface area (Å²) in [6, 6.07) is 13.4. The van der Waals surface area contributed by atoms with E-state index in [0.717, 1.165) is 15.7 Å². The van der Waals surface area contributed by atoms with Gasteiger partial charge in [0.1, 0.15) is 5.75 Å². The van der Waals surface area contributed by atoms with Gasteiger partial charge < -0.3 is 15.4 Å². The predicted molar refractivity (Wildman–Crippen MR) is 123 cm³/mol. The molecule has 0 spiro atoms. The van der Waals surface area contributed by atoms with Gasteiger partial charge in [-0.15, -0.1) is 10.2 Å². The maximum absolute atomic E-state index is 12.2. The summed E-state index contributed by atoms with van der Waals surface area (Å²) < 4.78 is 31.1. The zero-order chi connectivity index (χ0) is 22.4. The number of rotatable bonds is 9. The first kappa shape index (κ1) is 23.0. The largest absolute Gasteiger partial charge is 0.497 e. The van der Waals surface area contributed by atoms with E-state index in [1.165, 1.54) is 49.3 Å². The third-order valence-electron chi connectivity index (χ3n) is 3.99. The average molecular weight is 480 g/mol. The molecule has 0 aliphatic rings. The maximum Gasteiger partial charge on any atom is 0.242 e. The molecule has 0 saturated heterocycles. The first-order valence-electron chi connectivity index (χ1n) is 8.98. The van der Waals surface area contributed by atoms with Crippen LogP contribution in [0, 0.1) is 0 Å². The molecule has 0 atom stereocenters. The van der Waals surface area contributed by atoms with Gasteiger partial charge in [-0.25, -0.2) is 12.7 Å². The second kappa shape index (κ2) is 10.1. The number of hydrogen-bond donors (Lipinski definition) is 2. The SMILES string of the molecule is COc1ccc(Nc2nnc(SCC(=O)Nc3ccc(S(=O)(=O)N(C)C)cc3)s2)cc1. The molecule has 31 heavy (non-hydrogen) atoms. The number of hydrogen-bond acceptors (Lipinski definition) is 9. The van der Waals surface area contributed by atoms with Crippen molar-refractivity contribution >= 4 is 55.5 Å². The molecule has 0 fully saturated rings. The number of nitrogens with one attached hydrogen (secondary N) is 2. The Hall–Kier alpha value is -2.67. The topological polar surface area (TPSA) is 114 Å². The van der Waals surface area contributed by atoms with E-state index in [9.17, 15) is 13.2 Å². The number of aromatic nitrogens is 2. The van der Waals surface area contributed by atoms with Crippen LogP contribution in [0.5, 0.6) is 5.75 Å². The number of benzene rings is 2. The van der Waals surface area contributed by atoms with Gasteiger partial charge in [0.05, 0.1) is 17.8 Å². The first-order chi connectivity index (χ1) is 14.8. The lowest BCUT2D eigenvalue weighted by molar-refractivity contribution is -0.113. The van der Waals surface area contributed by atoms with Crippen LogP contribution in [0.2, 0.25) is 0 Å². The van der Waals surface area contributed by atoms with Crippen molar-refractivity contribution in [2.45, 2.75) is 9.24 Å². The smallest absolute Gasteiger partial charge is 0.242 e. The molecule has 1 aromatic heterocycles. The van der Waals surface area contributed by atoms with E-state index in [-0.39, 0.29) is 16.6 Å². The van der Waals surface area contributed by atoms with Crippen molar-refractivity contribution in [2.24, 2.45) is 0 Å². The molecule has 1 amide bonds. The van der Waals surface area contributed by atoms with Crippen molar-refractivity contribution in [2.75, 3.05) is 37.6 Å². The monoisotopic (exact) mass is 479 g/mol. The van der Waals surface area contributed by atoms with Crippen molar-refractivity contribution in [3.63, 3.8) is 0 Å². The van der Waals surface area contributed by atoms with E-state index >= 15 is 0 Å². The second-order valence-electron chi connectivity index (χ2n) is 6.38. The fourth-order valence-electron chi connectivity index (χ4n) is 2.36. The standard InChI is InChI=1S/C19H21N5O4S3/c1-24(2)31(26,27)16-10-6-13(7-11-16)20-17(25)12-29-19-23-22-18(30-19)21-14-4-8-15(28-3)9-5-14/h4-11H,12H2,1-3H3,(H,20,25)(H,21,22). The number of anilines is 3. The van der Waals surface area contributed by atoms with Gasteiger partial charge in [-0.2, -0.15) is 0 Å². The van der Waals surface area contributed by atoms with Crippen LogP contribution < -0.4 is 15.4 Å². The van der Waals surface area contributed by atoms with Gasteiger partial charge in [0.15, 0.2) is 4.34 Å². The quantitative estimate of drug-likeness (QED) is 0.450. The molecule has 0 aliphatic carbocycles.